The Kier molecular flexibility index (Phi) is 11.0. The lowest BCUT2D eigenvalue weighted by molar-refractivity contribution is -0.164. The Labute approximate surface area is 236 Å². The zero-order valence-corrected chi connectivity index (χ0v) is 25.2. The summed E-state index contributed by atoms with van der Waals surface area (Å²) in [5.41, 5.74) is 1.05. The Hall–Kier alpha value is -2.83. The lowest BCUT2D eigenvalue weighted by Crippen LogP contribution is -2.50. The van der Waals surface area contributed by atoms with Gasteiger partial charge < -0.3 is 13.8 Å². The fraction of sp³-hybridized carbons (Fsp3) is 0.455. The number of amides is 1. The summed E-state index contributed by atoms with van der Waals surface area (Å²) in [5.74, 6) is -0.529. The summed E-state index contributed by atoms with van der Waals surface area (Å²) in [6.07, 6.45) is 8.55. The number of allylic oxidation sites excluding steroid dienone is 3. The Morgan fingerprint density at radius 2 is 1.64 bits per heavy atom. The molecule has 1 aliphatic heterocycles. The maximum absolute atomic E-state index is 13.2. The number of hydrogen-bond acceptors (Lipinski definition) is 4. The molecule has 5 nitrogen and oxygen atoms in total. The molecular weight excluding hydrogens is 506 g/mol. The average Bonchev–Trinajstić information content (AvgIpc) is 2.93. The Balaban J connectivity index is 0.00000205. The van der Waals surface area contributed by atoms with Crippen molar-refractivity contribution in [1.82, 2.24) is 4.90 Å². The number of benzene rings is 2. The largest absolute Gasteiger partial charge is 0.452 e. The first-order valence-electron chi connectivity index (χ1n) is 14.1. The summed E-state index contributed by atoms with van der Waals surface area (Å²) in [6.45, 7) is 13.7. The second-order valence-corrected chi connectivity index (χ2v) is 14.3. The van der Waals surface area contributed by atoms with Crippen molar-refractivity contribution in [3.63, 3.8) is 0 Å². The number of ether oxygens (including phenoxy) is 1. The van der Waals surface area contributed by atoms with Crippen molar-refractivity contribution in [2.45, 2.75) is 83.1 Å². The highest BCUT2D eigenvalue weighted by atomic mass is 32.3. The van der Waals surface area contributed by atoms with Gasteiger partial charge in [-0.15, -0.1) is 0 Å². The topological polar surface area (TPSA) is 55.8 Å². The van der Waals surface area contributed by atoms with Crippen LogP contribution in [-0.2, 0) is 25.1 Å². The molecule has 1 aliphatic carbocycles. The second kappa shape index (κ2) is 14.0. The lowest BCUT2D eigenvalue weighted by Gasteiger charge is -2.52. The second-order valence-electron chi connectivity index (χ2n) is 10.8. The SMILES string of the molecule is CC.CC(=O)OC1CC(COS(C2=CCCC=C2)(c2ccccc2)C(C)(C)C)CN(Cc2ccccc2)C1=O. The van der Waals surface area contributed by atoms with E-state index in [-0.39, 0.29) is 16.6 Å². The van der Waals surface area contributed by atoms with Gasteiger partial charge in [0.15, 0.2) is 6.10 Å². The van der Waals surface area contributed by atoms with Crippen LogP contribution in [-0.4, -0.2) is 40.8 Å². The van der Waals surface area contributed by atoms with Gasteiger partial charge in [0.05, 0.1) is 6.61 Å². The first kappa shape index (κ1) is 30.7. The van der Waals surface area contributed by atoms with Crippen LogP contribution < -0.4 is 0 Å². The number of piperidine rings is 1. The number of carbonyl (C=O) groups excluding carboxylic acids is 2. The number of carbonyl (C=O) groups is 2. The standard InChI is InChI=1S/C31H39NO4S.C2H6/c1-24(33)36-29-20-26(22-32(30(29)34)21-25-14-8-5-9-15-25)23-35-37(31(2,3)4,27-16-10-6-11-17-27)28-18-12-7-13-19-28;1-2/h5-6,8-12,14-19,26,29H,7,13,20-23H2,1-4H3;1-2H3. The van der Waals surface area contributed by atoms with E-state index in [9.17, 15) is 9.59 Å². The highest BCUT2D eigenvalue weighted by Gasteiger charge is 2.44. The van der Waals surface area contributed by atoms with Gasteiger partial charge in [-0.2, -0.15) is 0 Å². The van der Waals surface area contributed by atoms with Crippen LogP contribution in [0, 0.1) is 5.92 Å². The maximum atomic E-state index is 13.2. The normalized spacial score (nSPS) is 21.6. The summed E-state index contributed by atoms with van der Waals surface area (Å²) >= 11 is 0. The zero-order valence-electron chi connectivity index (χ0n) is 24.4. The number of nitrogens with zero attached hydrogens (tertiary/aromatic N) is 1. The van der Waals surface area contributed by atoms with Crippen molar-refractivity contribution < 1.29 is 18.5 Å². The van der Waals surface area contributed by atoms with Crippen molar-refractivity contribution in [1.29, 1.82) is 0 Å². The third kappa shape index (κ3) is 7.43. The van der Waals surface area contributed by atoms with Gasteiger partial charge in [0.1, 0.15) is 0 Å². The molecule has 0 saturated carbocycles. The fourth-order valence-electron chi connectivity index (χ4n) is 5.22. The number of esters is 1. The average molecular weight is 552 g/mol. The Bertz CT molecular complexity index is 1140. The number of rotatable bonds is 8. The minimum absolute atomic E-state index is 0.0388. The number of likely N-dealkylation sites (tertiary alicyclic amines) is 1. The minimum Gasteiger partial charge on any atom is -0.452 e. The van der Waals surface area contributed by atoms with E-state index in [1.54, 1.807) is 0 Å². The summed E-state index contributed by atoms with van der Waals surface area (Å²) in [6, 6.07) is 20.5. The zero-order chi connectivity index (χ0) is 28.5. The van der Waals surface area contributed by atoms with Crippen LogP contribution in [0.1, 0.15) is 66.4 Å². The van der Waals surface area contributed by atoms with Crippen LogP contribution in [0.5, 0.6) is 0 Å². The first-order valence-corrected chi connectivity index (χ1v) is 15.7. The molecule has 6 heteroatoms. The van der Waals surface area contributed by atoms with Crippen molar-refractivity contribution in [2.75, 3.05) is 13.2 Å². The van der Waals surface area contributed by atoms with Crippen LogP contribution in [0.4, 0.5) is 0 Å². The van der Waals surface area contributed by atoms with Crippen LogP contribution >= 0.6 is 10.3 Å². The molecule has 0 N–H and O–H groups in total. The highest BCUT2D eigenvalue weighted by Crippen LogP contribution is 2.72. The van der Waals surface area contributed by atoms with Gasteiger partial charge in [-0.25, -0.2) is 0 Å². The summed E-state index contributed by atoms with van der Waals surface area (Å²) in [4.78, 5) is 29.3. The van der Waals surface area contributed by atoms with Crippen molar-refractivity contribution in [2.24, 2.45) is 5.92 Å². The van der Waals surface area contributed by atoms with Gasteiger partial charge in [0.2, 0.25) is 0 Å². The molecule has 0 radical (unpaired) electrons. The van der Waals surface area contributed by atoms with Gasteiger partial charge in [0, 0.05) is 46.9 Å². The fourth-order valence-corrected chi connectivity index (χ4v) is 9.11. The van der Waals surface area contributed by atoms with Crippen LogP contribution in [0.3, 0.4) is 0 Å². The third-order valence-electron chi connectivity index (χ3n) is 6.85. The molecule has 2 aromatic carbocycles. The molecule has 2 aromatic rings. The molecular formula is C33H45NO4S. The van der Waals surface area contributed by atoms with Gasteiger partial charge >= 0.3 is 5.97 Å². The van der Waals surface area contributed by atoms with E-state index in [0.717, 1.165) is 18.4 Å². The van der Waals surface area contributed by atoms with Gasteiger partial charge in [-0.05, 0) is 51.3 Å². The van der Waals surface area contributed by atoms with Crippen molar-refractivity contribution in [3.05, 3.63) is 89.4 Å². The van der Waals surface area contributed by atoms with Crippen LogP contribution in [0.15, 0.2) is 88.7 Å². The predicted molar refractivity (Wildman–Crippen MR) is 161 cm³/mol. The van der Waals surface area contributed by atoms with Crippen LogP contribution in [0.25, 0.3) is 0 Å². The van der Waals surface area contributed by atoms with Gasteiger partial charge in [0.25, 0.3) is 5.91 Å². The van der Waals surface area contributed by atoms with E-state index < -0.39 is 22.4 Å². The van der Waals surface area contributed by atoms with Crippen LogP contribution in [0.2, 0.25) is 0 Å². The Morgan fingerprint density at radius 3 is 2.21 bits per heavy atom. The molecule has 1 amide bonds. The third-order valence-corrected chi connectivity index (χ3v) is 11.0. The Morgan fingerprint density at radius 1 is 1.00 bits per heavy atom. The molecule has 1 fully saturated rings. The molecule has 39 heavy (non-hydrogen) atoms. The molecule has 3 unspecified atom stereocenters. The van der Waals surface area contributed by atoms with Gasteiger partial charge in [-0.1, -0.05) is 90.9 Å². The summed E-state index contributed by atoms with van der Waals surface area (Å²) in [5, 5.41) is 0. The molecule has 4 rings (SSSR count). The minimum atomic E-state index is -1.86. The van der Waals surface area contributed by atoms with E-state index >= 15 is 0 Å². The molecule has 0 bridgehead atoms. The summed E-state index contributed by atoms with van der Waals surface area (Å²) < 4.78 is 12.5. The highest BCUT2D eigenvalue weighted by molar-refractivity contribution is 8.34. The predicted octanol–water partition coefficient (Wildman–Crippen LogP) is 7.82. The van der Waals surface area contributed by atoms with Crippen molar-refractivity contribution in [3.8, 4) is 0 Å². The van der Waals surface area contributed by atoms with E-state index in [1.807, 2.05) is 55.1 Å². The quantitative estimate of drug-likeness (QED) is 0.314. The first-order chi connectivity index (χ1) is 18.7. The molecule has 1 heterocycles. The van der Waals surface area contributed by atoms with E-state index in [2.05, 4.69) is 63.3 Å². The van der Waals surface area contributed by atoms with E-state index in [1.165, 1.54) is 16.7 Å². The molecule has 3 atom stereocenters. The van der Waals surface area contributed by atoms with Gasteiger partial charge in [-0.3, -0.25) is 9.59 Å². The molecule has 1 saturated heterocycles. The lowest BCUT2D eigenvalue weighted by atomic mass is 9.95. The smallest absolute Gasteiger partial charge is 0.303 e. The number of hydrogen-bond donors (Lipinski definition) is 0. The van der Waals surface area contributed by atoms with E-state index in [4.69, 9.17) is 8.92 Å². The molecule has 0 spiro atoms. The monoisotopic (exact) mass is 551 g/mol. The molecule has 212 valence electrons. The molecule has 0 aromatic heterocycles. The van der Waals surface area contributed by atoms with Crippen molar-refractivity contribution >= 4 is 22.2 Å². The maximum Gasteiger partial charge on any atom is 0.303 e. The van der Waals surface area contributed by atoms with E-state index in [0.29, 0.717) is 26.1 Å². The molecule has 2 aliphatic rings. The summed E-state index contributed by atoms with van der Waals surface area (Å²) in [7, 11) is -1.86.